The zero-order chi connectivity index (χ0) is 12.1. The molecule has 0 spiro atoms. The van der Waals surface area contributed by atoms with Crippen molar-refractivity contribution in [1.82, 2.24) is 10.3 Å². The third kappa shape index (κ3) is 2.74. The average Bonchev–Trinajstić information content (AvgIpc) is 2.22. The average molecular weight is 217 g/mol. The van der Waals surface area contributed by atoms with Crippen LogP contribution >= 0.6 is 0 Å². The van der Waals surface area contributed by atoms with Gasteiger partial charge >= 0.3 is 0 Å². The van der Waals surface area contributed by atoms with Gasteiger partial charge in [0.05, 0.1) is 6.54 Å². The summed E-state index contributed by atoms with van der Waals surface area (Å²) in [6.07, 6.45) is 5.33. The lowest BCUT2D eigenvalue weighted by Crippen LogP contribution is -2.22. The van der Waals surface area contributed by atoms with Gasteiger partial charge in [-0.2, -0.15) is 0 Å². The minimum Gasteiger partial charge on any atom is -0.348 e. The summed E-state index contributed by atoms with van der Waals surface area (Å²) in [6, 6.07) is 2.10. The maximum Gasteiger partial charge on any atom is 0.134 e. The first-order valence-corrected chi connectivity index (χ1v) is 5.36. The quantitative estimate of drug-likeness (QED) is 0.774. The van der Waals surface area contributed by atoms with Gasteiger partial charge in [0, 0.05) is 24.8 Å². The van der Waals surface area contributed by atoms with Crippen molar-refractivity contribution in [3.63, 3.8) is 0 Å². The van der Waals surface area contributed by atoms with Gasteiger partial charge in [-0.3, -0.25) is 0 Å². The van der Waals surface area contributed by atoms with E-state index in [0.29, 0.717) is 6.54 Å². The zero-order valence-electron chi connectivity index (χ0n) is 10.5. The largest absolute Gasteiger partial charge is 0.348 e. The SMILES string of the molecule is C#CCN(C)c1nc(C)cc(C)c1CNC. The Balaban J connectivity index is 3.18. The molecule has 1 aromatic heterocycles. The third-order valence-electron chi connectivity index (χ3n) is 2.50. The molecule has 0 fully saturated rings. The minimum atomic E-state index is 0.576. The van der Waals surface area contributed by atoms with Crippen LogP contribution in [0.5, 0.6) is 0 Å². The van der Waals surface area contributed by atoms with Crippen LogP contribution in [0.15, 0.2) is 6.07 Å². The van der Waals surface area contributed by atoms with Crippen molar-refractivity contribution in [2.24, 2.45) is 0 Å². The van der Waals surface area contributed by atoms with Gasteiger partial charge in [-0.05, 0) is 32.5 Å². The zero-order valence-corrected chi connectivity index (χ0v) is 10.5. The fraction of sp³-hybridized carbons (Fsp3) is 0.462. The molecule has 0 saturated heterocycles. The van der Waals surface area contributed by atoms with E-state index in [0.717, 1.165) is 18.1 Å². The lowest BCUT2D eigenvalue weighted by atomic mass is 10.1. The van der Waals surface area contributed by atoms with E-state index < -0.39 is 0 Å². The van der Waals surface area contributed by atoms with Gasteiger partial charge < -0.3 is 10.2 Å². The number of aromatic nitrogens is 1. The van der Waals surface area contributed by atoms with E-state index in [1.54, 1.807) is 0 Å². The van der Waals surface area contributed by atoms with E-state index in [1.165, 1.54) is 11.1 Å². The maximum absolute atomic E-state index is 5.33. The molecule has 0 radical (unpaired) electrons. The highest BCUT2D eigenvalue weighted by Gasteiger charge is 2.11. The van der Waals surface area contributed by atoms with Gasteiger partial charge in [-0.1, -0.05) is 5.92 Å². The van der Waals surface area contributed by atoms with E-state index in [4.69, 9.17) is 6.42 Å². The van der Waals surface area contributed by atoms with Crippen LogP contribution in [-0.4, -0.2) is 25.6 Å². The topological polar surface area (TPSA) is 28.2 Å². The van der Waals surface area contributed by atoms with Gasteiger partial charge in [-0.15, -0.1) is 6.42 Å². The number of rotatable bonds is 4. The molecule has 3 nitrogen and oxygen atoms in total. The summed E-state index contributed by atoms with van der Waals surface area (Å²) in [7, 11) is 3.91. The number of nitrogens with one attached hydrogen (secondary N) is 1. The van der Waals surface area contributed by atoms with Crippen LogP contribution < -0.4 is 10.2 Å². The molecule has 0 aliphatic heterocycles. The molecule has 0 aliphatic rings. The summed E-state index contributed by atoms with van der Waals surface area (Å²) in [5, 5.41) is 3.16. The first kappa shape index (κ1) is 12.5. The van der Waals surface area contributed by atoms with Crippen LogP contribution in [0, 0.1) is 26.2 Å². The number of hydrogen-bond acceptors (Lipinski definition) is 3. The molecule has 0 aromatic carbocycles. The van der Waals surface area contributed by atoms with Crippen molar-refractivity contribution >= 4 is 5.82 Å². The van der Waals surface area contributed by atoms with Crippen molar-refractivity contribution in [3.05, 3.63) is 22.9 Å². The molecule has 86 valence electrons. The summed E-state index contributed by atoms with van der Waals surface area (Å²) in [5.74, 6) is 3.62. The number of nitrogens with zero attached hydrogens (tertiary/aromatic N) is 2. The Hall–Kier alpha value is -1.53. The van der Waals surface area contributed by atoms with E-state index in [2.05, 4.69) is 29.2 Å². The first-order chi connectivity index (χ1) is 7.60. The highest BCUT2D eigenvalue weighted by Crippen LogP contribution is 2.21. The van der Waals surface area contributed by atoms with E-state index >= 15 is 0 Å². The molecule has 1 rings (SSSR count). The van der Waals surface area contributed by atoms with Gasteiger partial charge in [0.2, 0.25) is 0 Å². The molecule has 0 atom stereocenters. The predicted molar refractivity (Wildman–Crippen MR) is 68.6 cm³/mol. The highest BCUT2D eigenvalue weighted by molar-refractivity contribution is 5.51. The Morgan fingerprint density at radius 1 is 1.50 bits per heavy atom. The van der Waals surface area contributed by atoms with Crippen LogP contribution in [-0.2, 0) is 6.54 Å². The van der Waals surface area contributed by atoms with Crippen molar-refractivity contribution in [2.45, 2.75) is 20.4 Å². The van der Waals surface area contributed by atoms with E-state index in [9.17, 15) is 0 Å². The van der Waals surface area contributed by atoms with Gasteiger partial charge in [-0.25, -0.2) is 4.98 Å². The van der Waals surface area contributed by atoms with Crippen molar-refractivity contribution in [3.8, 4) is 12.3 Å². The summed E-state index contributed by atoms with van der Waals surface area (Å²) in [5.41, 5.74) is 3.49. The minimum absolute atomic E-state index is 0.576. The van der Waals surface area contributed by atoms with Crippen LogP contribution in [0.4, 0.5) is 5.82 Å². The molecule has 0 amide bonds. The molecule has 16 heavy (non-hydrogen) atoms. The van der Waals surface area contributed by atoms with Crippen LogP contribution in [0.2, 0.25) is 0 Å². The Kier molecular flexibility index (Phi) is 4.33. The maximum atomic E-state index is 5.33. The molecule has 0 unspecified atom stereocenters. The number of aryl methyl sites for hydroxylation is 2. The number of hydrogen-bond donors (Lipinski definition) is 1. The standard InChI is InChI=1S/C13H19N3/c1-6-7-16(5)13-12(9-14-4)10(2)8-11(3)15-13/h1,8,14H,7,9H2,2-5H3. The van der Waals surface area contributed by atoms with Crippen molar-refractivity contribution in [2.75, 3.05) is 25.5 Å². The Labute approximate surface area is 97.9 Å². The number of anilines is 1. The van der Waals surface area contributed by atoms with E-state index in [1.807, 2.05) is 25.9 Å². The molecule has 0 saturated carbocycles. The first-order valence-electron chi connectivity index (χ1n) is 5.36. The fourth-order valence-electron chi connectivity index (χ4n) is 1.77. The second-order valence-corrected chi connectivity index (χ2v) is 3.97. The number of terminal acetylenes is 1. The summed E-state index contributed by atoms with van der Waals surface area (Å²) in [4.78, 5) is 6.57. The molecular formula is C13H19N3. The molecule has 0 aliphatic carbocycles. The predicted octanol–water partition coefficient (Wildman–Crippen LogP) is 1.49. The molecule has 1 heterocycles. The number of pyridine rings is 1. The van der Waals surface area contributed by atoms with Gasteiger partial charge in [0.1, 0.15) is 5.82 Å². The fourth-order valence-corrected chi connectivity index (χ4v) is 1.77. The smallest absolute Gasteiger partial charge is 0.134 e. The molecule has 1 N–H and O–H groups in total. The molecule has 3 heteroatoms. The normalized spacial score (nSPS) is 9.94. The second kappa shape index (κ2) is 5.53. The van der Waals surface area contributed by atoms with Crippen molar-refractivity contribution < 1.29 is 0 Å². The Morgan fingerprint density at radius 3 is 2.75 bits per heavy atom. The van der Waals surface area contributed by atoms with Crippen molar-refractivity contribution in [1.29, 1.82) is 0 Å². The molecule has 0 bridgehead atoms. The van der Waals surface area contributed by atoms with Gasteiger partial charge in [0.25, 0.3) is 0 Å². The lowest BCUT2D eigenvalue weighted by molar-refractivity contribution is 0.797. The van der Waals surface area contributed by atoms with E-state index in [-0.39, 0.29) is 0 Å². The monoisotopic (exact) mass is 217 g/mol. The summed E-state index contributed by atoms with van der Waals surface area (Å²) >= 11 is 0. The molecular weight excluding hydrogens is 198 g/mol. The Morgan fingerprint density at radius 2 is 2.19 bits per heavy atom. The second-order valence-electron chi connectivity index (χ2n) is 3.97. The van der Waals surface area contributed by atoms with Crippen LogP contribution in [0.25, 0.3) is 0 Å². The third-order valence-corrected chi connectivity index (χ3v) is 2.50. The summed E-state index contributed by atoms with van der Waals surface area (Å²) in [6.45, 7) is 5.49. The Bertz CT molecular complexity index is 404. The molecule has 1 aromatic rings. The van der Waals surface area contributed by atoms with Crippen LogP contribution in [0.1, 0.15) is 16.8 Å². The van der Waals surface area contributed by atoms with Gasteiger partial charge in [0.15, 0.2) is 0 Å². The summed E-state index contributed by atoms with van der Waals surface area (Å²) < 4.78 is 0. The van der Waals surface area contributed by atoms with Crippen LogP contribution in [0.3, 0.4) is 0 Å². The lowest BCUT2D eigenvalue weighted by Gasteiger charge is -2.21. The highest BCUT2D eigenvalue weighted by atomic mass is 15.2.